The summed E-state index contributed by atoms with van der Waals surface area (Å²) < 4.78 is 15.7. The van der Waals surface area contributed by atoms with Crippen molar-refractivity contribution in [2.75, 3.05) is 33.5 Å². The molecule has 0 aromatic heterocycles. The van der Waals surface area contributed by atoms with Crippen LogP contribution >= 0.6 is 0 Å². The maximum absolute atomic E-state index is 5.60. The molecule has 0 heterocycles. The molecule has 0 aliphatic rings. The fourth-order valence-electron chi connectivity index (χ4n) is 1.45. The first-order valence-electron chi connectivity index (χ1n) is 5.77. The van der Waals surface area contributed by atoms with Gasteiger partial charge in [-0.15, -0.1) is 0 Å². The van der Waals surface area contributed by atoms with Gasteiger partial charge in [-0.25, -0.2) is 0 Å². The van der Waals surface area contributed by atoms with Crippen LogP contribution in [0.4, 0.5) is 0 Å². The fourth-order valence-corrected chi connectivity index (χ4v) is 1.45. The van der Waals surface area contributed by atoms with Crippen molar-refractivity contribution >= 4 is 0 Å². The number of nitrogens with two attached hydrogens (primary N) is 1. The lowest BCUT2D eigenvalue weighted by molar-refractivity contribution is 0.0544. The Morgan fingerprint density at radius 2 is 1.88 bits per heavy atom. The van der Waals surface area contributed by atoms with E-state index in [1.54, 1.807) is 7.11 Å². The van der Waals surface area contributed by atoms with Gasteiger partial charge < -0.3 is 19.9 Å². The quantitative estimate of drug-likeness (QED) is 0.698. The molecule has 0 saturated heterocycles. The zero-order valence-electron chi connectivity index (χ0n) is 10.6. The Morgan fingerprint density at radius 1 is 1.12 bits per heavy atom. The van der Waals surface area contributed by atoms with Crippen molar-refractivity contribution in [2.45, 2.75) is 13.5 Å². The van der Waals surface area contributed by atoms with Crippen LogP contribution < -0.4 is 10.5 Å². The largest absolute Gasteiger partial charge is 0.491 e. The van der Waals surface area contributed by atoms with Crippen molar-refractivity contribution in [3.63, 3.8) is 0 Å². The van der Waals surface area contributed by atoms with Crippen molar-refractivity contribution in [3.8, 4) is 5.75 Å². The zero-order chi connectivity index (χ0) is 12.5. The molecule has 1 aromatic carbocycles. The topological polar surface area (TPSA) is 53.7 Å². The molecule has 2 N–H and O–H groups in total. The molecule has 17 heavy (non-hydrogen) atoms. The molecule has 1 aromatic rings. The second-order valence-electron chi connectivity index (χ2n) is 3.75. The Labute approximate surface area is 103 Å². The maximum Gasteiger partial charge on any atom is 0.119 e. The minimum absolute atomic E-state index is 0.547. The van der Waals surface area contributed by atoms with E-state index in [1.165, 1.54) is 0 Å². The Kier molecular flexibility index (Phi) is 6.62. The third-order valence-electron chi connectivity index (χ3n) is 2.46. The number of hydrogen-bond acceptors (Lipinski definition) is 4. The van der Waals surface area contributed by atoms with E-state index in [-0.39, 0.29) is 0 Å². The second kappa shape index (κ2) is 8.06. The molecule has 0 atom stereocenters. The van der Waals surface area contributed by atoms with Gasteiger partial charge in [-0.2, -0.15) is 0 Å². The van der Waals surface area contributed by atoms with Gasteiger partial charge in [-0.1, -0.05) is 6.07 Å². The van der Waals surface area contributed by atoms with Crippen molar-refractivity contribution in [1.29, 1.82) is 0 Å². The first-order valence-corrected chi connectivity index (χ1v) is 5.77. The molecule has 4 heteroatoms. The zero-order valence-corrected chi connectivity index (χ0v) is 10.6. The van der Waals surface area contributed by atoms with Crippen molar-refractivity contribution in [2.24, 2.45) is 5.73 Å². The number of hydrogen-bond donors (Lipinski definition) is 1. The third-order valence-corrected chi connectivity index (χ3v) is 2.46. The number of methoxy groups -OCH3 is 1. The Hall–Kier alpha value is -1.10. The summed E-state index contributed by atoms with van der Waals surface area (Å²) in [6.07, 6.45) is 0. The van der Waals surface area contributed by atoms with E-state index < -0.39 is 0 Å². The second-order valence-corrected chi connectivity index (χ2v) is 3.75. The van der Waals surface area contributed by atoms with Gasteiger partial charge in [0.15, 0.2) is 0 Å². The molecule has 96 valence electrons. The molecule has 1 rings (SSSR count). The summed E-state index contributed by atoms with van der Waals surface area (Å²) in [5.74, 6) is 0.857. The highest BCUT2D eigenvalue weighted by Gasteiger charge is 1.99. The summed E-state index contributed by atoms with van der Waals surface area (Å²) in [5, 5.41) is 0. The van der Waals surface area contributed by atoms with Gasteiger partial charge in [0.25, 0.3) is 0 Å². The molecule has 0 aliphatic carbocycles. The fraction of sp³-hybridized carbons (Fsp3) is 0.538. The number of aryl methyl sites for hydroxylation is 1. The van der Waals surface area contributed by atoms with E-state index in [0.29, 0.717) is 33.0 Å². The highest BCUT2D eigenvalue weighted by Crippen LogP contribution is 2.16. The van der Waals surface area contributed by atoms with Crippen LogP contribution in [0, 0.1) is 6.92 Å². The van der Waals surface area contributed by atoms with Crippen molar-refractivity contribution in [1.82, 2.24) is 0 Å². The summed E-state index contributed by atoms with van der Waals surface area (Å²) in [6, 6.07) is 5.93. The Bertz CT molecular complexity index is 328. The van der Waals surface area contributed by atoms with Crippen LogP contribution in [0.15, 0.2) is 18.2 Å². The number of benzene rings is 1. The molecular weight excluding hydrogens is 218 g/mol. The molecule has 0 unspecified atom stereocenters. The van der Waals surface area contributed by atoms with Crippen LogP contribution in [-0.4, -0.2) is 33.5 Å². The normalized spacial score (nSPS) is 10.5. The summed E-state index contributed by atoms with van der Waals surface area (Å²) >= 11 is 0. The van der Waals surface area contributed by atoms with Gasteiger partial charge in [-0.05, 0) is 30.2 Å². The van der Waals surface area contributed by atoms with Gasteiger partial charge in [0.2, 0.25) is 0 Å². The Balaban J connectivity index is 2.25. The first kappa shape index (κ1) is 14.0. The summed E-state index contributed by atoms with van der Waals surface area (Å²) in [5.41, 5.74) is 7.90. The van der Waals surface area contributed by atoms with Crippen LogP contribution in [-0.2, 0) is 16.0 Å². The molecule has 0 fully saturated rings. The predicted molar refractivity (Wildman–Crippen MR) is 67.3 cm³/mol. The maximum atomic E-state index is 5.60. The predicted octanol–water partition coefficient (Wildman–Crippen LogP) is 1.50. The minimum Gasteiger partial charge on any atom is -0.491 e. The molecule has 0 spiro atoms. The molecule has 0 bridgehead atoms. The molecule has 0 saturated carbocycles. The SMILES string of the molecule is COCCOCCOc1ccc(CN)c(C)c1. The van der Waals surface area contributed by atoms with E-state index in [4.69, 9.17) is 19.9 Å². The van der Waals surface area contributed by atoms with Crippen LogP contribution in [0.1, 0.15) is 11.1 Å². The summed E-state index contributed by atoms with van der Waals surface area (Å²) in [7, 11) is 1.65. The van der Waals surface area contributed by atoms with Gasteiger partial charge >= 0.3 is 0 Å². The van der Waals surface area contributed by atoms with Gasteiger partial charge in [0.1, 0.15) is 12.4 Å². The average Bonchev–Trinajstić information content (AvgIpc) is 2.34. The van der Waals surface area contributed by atoms with Crippen LogP contribution in [0.25, 0.3) is 0 Å². The van der Waals surface area contributed by atoms with E-state index in [0.717, 1.165) is 16.9 Å². The standard InChI is InChI=1S/C13H21NO3/c1-11-9-13(4-3-12(11)10-14)17-8-7-16-6-5-15-2/h3-4,9H,5-8,10,14H2,1-2H3. The highest BCUT2D eigenvalue weighted by molar-refractivity contribution is 5.34. The monoisotopic (exact) mass is 239 g/mol. The van der Waals surface area contributed by atoms with Crippen molar-refractivity contribution < 1.29 is 14.2 Å². The smallest absolute Gasteiger partial charge is 0.119 e. The number of ether oxygens (including phenoxy) is 3. The van der Waals surface area contributed by atoms with Crippen LogP contribution in [0.3, 0.4) is 0 Å². The van der Waals surface area contributed by atoms with Crippen LogP contribution in [0.5, 0.6) is 5.75 Å². The Morgan fingerprint density at radius 3 is 2.53 bits per heavy atom. The van der Waals surface area contributed by atoms with E-state index in [2.05, 4.69) is 0 Å². The van der Waals surface area contributed by atoms with E-state index >= 15 is 0 Å². The average molecular weight is 239 g/mol. The van der Waals surface area contributed by atoms with Crippen LogP contribution in [0.2, 0.25) is 0 Å². The van der Waals surface area contributed by atoms with E-state index in [9.17, 15) is 0 Å². The number of rotatable bonds is 8. The van der Waals surface area contributed by atoms with Gasteiger partial charge in [-0.3, -0.25) is 0 Å². The van der Waals surface area contributed by atoms with Crippen molar-refractivity contribution in [3.05, 3.63) is 29.3 Å². The van der Waals surface area contributed by atoms with E-state index in [1.807, 2.05) is 25.1 Å². The molecule has 0 amide bonds. The lowest BCUT2D eigenvalue weighted by atomic mass is 10.1. The molecule has 0 radical (unpaired) electrons. The summed E-state index contributed by atoms with van der Waals surface area (Å²) in [4.78, 5) is 0. The van der Waals surface area contributed by atoms with Gasteiger partial charge in [0.05, 0.1) is 19.8 Å². The lowest BCUT2D eigenvalue weighted by Gasteiger charge is -2.09. The van der Waals surface area contributed by atoms with Gasteiger partial charge in [0, 0.05) is 13.7 Å². The minimum atomic E-state index is 0.547. The summed E-state index contributed by atoms with van der Waals surface area (Å²) in [6.45, 7) is 4.93. The molecule has 0 aliphatic heterocycles. The highest BCUT2D eigenvalue weighted by atomic mass is 16.5. The third kappa shape index (κ3) is 5.17. The molecular formula is C13H21NO3. The lowest BCUT2D eigenvalue weighted by Crippen LogP contribution is -2.10. The first-order chi connectivity index (χ1) is 8.27. The molecule has 4 nitrogen and oxygen atoms in total.